The summed E-state index contributed by atoms with van der Waals surface area (Å²) in [6.07, 6.45) is -0.350. The van der Waals surface area contributed by atoms with Crippen molar-refractivity contribution in [2.24, 2.45) is 0 Å². The molecule has 0 aromatic heterocycles. The van der Waals surface area contributed by atoms with Crippen molar-refractivity contribution >= 4 is 28.0 Å². The Hall–Kier alpha value is -2.42. The van der Waals surface area contributed by atoms with Crippen LogP contribution in [-0.2, 0) is 40.4 Å². The molecule has 0 aliphatic rings. The number of nitrogens with zero attached hydrogens (tertiary/aromatic N) is 2. The zero-order chi connectivity index (χ0) is 26.2. The number of amides is 1. The van der Waals surface area contributed by atoms with Crippen molar-refractivity contribution in [1.82, 2.24) is 15.1 Å². The predicted octanol–water partition coefficient (Wildman–Crippen LogP) is 4.75. The van der Waals surface area contributed by atoms with Gasteiger partial charge in [0.15, 0.2) is 0 Å². The average molecular weight is 549 g/mol. The van der Waals surface area contributed by atoms with Gasteiger partial charge in [-0.3, -0.25) is 0 Å². The zero-order valence-electron chi connectivity index (χ0n) is 21.9. The minimum Gasteiger partial charge on any atom is -0.459 e. The van der Waals surface area contributed by atoms with Gasteiger partial charge in [-0.2, -0.15) is 0 Å². The highest BCUT2D eigenvalue weighted by molar-refractivity contribution is 9.10. The summed E-state index contributed by atoms with van der Waals surface area (Å²) >= 11 is 3.74. The van der Waals surface area contributed by atoms with Gasteiger partial charge in [0.25, 0.3) is 0 Å². The van der Waals surface area contributed by atoms with Crippen molar-refractivity contribution in [1.29, 1.82) is 0 Å². The molecule has 0 aliphatic heterocycles. The van der Waals surface area contributed by atoms with E-state index in [-0.39, 0.29) is 6.61 Å². The molecule has 0 radical (unpaired) electrons. The number of carbonyl (C=O) groups is 2. The maximum absolute atomic E-state index is 13.1. The molecular formula is C27H38BrN3O4. The van der Waals surface area contributed by atoms with Gasteiger partial charge in [0.1, 0.15) is 18.2 Å². The van der Waals surface area contributed by atoms with Crippen molar-refractivity contribution in [3.05, 3.63) is 69.2 Å². The molecule has 0 heterocycles. The van der Waals surface area contributed by atoms with Gasteiger partial charge in [-0.05, 0) is 83.3 Å². The summed E-state index contributed by atoms with van der Waals surface area (Å²) in [5.41, 5.74) is 3.37. The molecule has 0 bridgehead atoms. The number of alkyl carbamates (subject to hydrolysis) is 1. The molecule has 0 spiro atoms. The highest BCUT2D eigenvalue weighted by Crippen LogP contribution is 2.26. The molecule has 0 saturated heterocycles. The van der Waals surface area contributed by atoms with E-state index in [4.69, 9.17) is 9.47 Å². The van der Waals surface area contributed by atoms with E-state index < -0.39 is 23.7 Å². The van der Waals surface area contributed by atoms with Crippen LogP contribution in [0.25, 0.3) is 0 Å². The number of carbonyl (C=O) groups excluding carboxylic acids is 2. The number of hydrogen-bond donors (Lipinski definition) is 1. The van der Waals surface area contributed by atoms with Crippen molar-refractivity contribution in [2.75, 3.05) is 28.2 Å². The molecule has 1 amide bonds. The fourth-order valence-corrected chi connectivity index (χ4v) is 4.04. The number of nitrogens with one attached hydrogen (secondary N) is 1. The minimum atomic E-state index is -0.870. The predicted molar refractivity (Wildman–Crippen MR) is 142 cm³/mol. The quantitative estimate of drug-likeness (QED) is 0.432. The molecular weight excluding hydrogens is 510 g/mol. The van der Waals surface area contributed by atoms with E-state index in [1.807, 2.05) is 70.7 Å². The maximum atomic E-state index is 13.1. The Morgan fingerprint density at radius 1 is 0.943 bits per heavy atom. The van der Waals surface area contributed by atoms with E-state index >= 15 is 0 Å². The summed E-state index contributed by atoms with van der Waals surface area (Å²) in [5, 5.41) is 2.69. The molecule has 192 valence electrons. The number of halogens is 1. The first-order valence-electron chi connectivity index (χ1n) is 11.6. The second kappa shape index (κ2) is 13.0. The topological polar surface area (TPSA) is 71.1 Å². The summed E-state index contributed by atoms with van der Waals surface area (Å²) in [6, 6.07) is 12.7. The van der Waals surface area contributed by atoms with Crippen molar-refractivity contribution in [3.8, 4) is 0 Å². The van der Waals surface area contributed by atoms with Crippen molar-refractivity contribution in [3.63, 3.8) is 0 Å². The molecule has 0 aliphatic carbocycles. The lowest BCUT2D eigenvalue weighted by Gasteiger charge is -2.23. The Morgan fingerprint density at radius 2 is 1.49 bits per heavy atom. The zero-order valence-corrected chi connectivity index (χ0v) is 23.4. The third-order valence-electron chi connectivity index (χ3n) is 4.90. The lowest BCUT2D eigenvalue weighted by molar-refractivity contribution is -0.147. The van der Waals surface area contributed by atoms with Gasteiger partial charge in [-0.25, -0.2) is 9.59 Å². The number of rotatable bonds is 10. The fraction of sp³-hybridized carbons (Fsp3) is 0.481. The molecule has 0 fully saturated rings. The molecule has 2 aromatic carbocycles. The summed E-state index contributed by atoms with van der Waals surface area (Å²) in [7, 11) is 8.06. The lowest BCUT2D eigenvalue weighted by atomic mass is 10.0. The molecule has 2 rings (SSSR count). The third-order valence-corrected chi connectivity index (χ3v) is 5.91. The fourth-order valence-electron chi connectivity index (χ4n) is 3.56. The van der Waals surface area contributed by atoms with Crippen LogP contribution in [0.5, 0.6) is 0 Å². The second-order valence-electron chi connectivity index (χ2n) is 10.2. The van der Waals surface area contributed by atoms with Gasteiger partial charge >= 0.3 is 12.1 Å². The van der Waals surface area contributed by atoms with Crippen molar-refractivity contribution in [2.45, 2.75) is 58.5 Å². The van der Waals surface area contributed by atoms with Crippen LogP contribution in [0.15, 0.2) is 46.9 Å². The summed E-state index contributed by atoms with van der Waals surface area (Å²) in [4.78, 5) is 29.7. The van der Waals surface area contributed by atoms with Crippen LogP contribution in [0.1, 0.15) is 43.0 Å². The molecule has 0 unspecified atom stereocenters. The van der Waals surface area contributed by atoms with Crippen LogP contribution in [0.4, 0.5) is 4.79 Å². The van der Waals surface area contributed by atoms with Gasteiger partial charge in [0.05, 0.1) is 0 Å². The third kappa shape index (κ3) is 10.4. The number of ether oxygens (including phenoxy) is 2. The Bertz CT molecular complexity index is 957. The van der Waals surface area contributed by atoms with Gasteiger partial charge in [-0.15, -0.1) is 0 Å². The normalized spacial score (nSPS) is 12.5. The number of benzene rings is 2. The van der Waals surface area contributed by atoms with Crippen LogP contribution in [0, 0.1) is 0 Å². The molecule has 35 heavy (non-hydrogen) atoms. The van der Waals surface area contributed by atoms with E-state index in [0.717, 1.165) is 39.8 Å². The highest BCUT2D eigenvalue weighted by atomic mass is 79.9. The van der Waals surface area contributed by atoms with Crippen LogP contribution in [0.3, 0.4) is 0 Å². The Balaban J connectivity index is 2.21. The largest absolute Gasteiger partial charge is 0.459 e. The first-order chi connectivity index (χ1) is 16.3. The lowest BCUT2D eigenvalue weighted by Crippen LogP contribution is -2.45. The first kappa shape index (κ1) is 28.8. The molecule has 1 N–H and O–H groups in total. The second-order valence-corrected chi connectivity index (χ2v) is 11.0. The number of hydrogen-bond acceptors (Lipinski definition) is 6. The minimum absolute atomic E-state index is 0.105. The monoisotopic (exact) mass is 547 g/mol. The maximum Gasteiger partial charge on any atom is 0.408 e. The van der Waals surface area contributed by atoms with E-state index in [0.29, 0.717) is 6.42 Å². The average Bonchev–Trinajstić information content (AvgIpc) is 2.73. The van der Waals surface area contributed by atoms with Gasteiger partial charge in [0.2, 0.25) is 0 Å². The summed E-state index contributed by atoms with van der Waals surface area (Å²) < 4.78 is 12.1. The molecule has 0 saturated carbocycles. The molecule has 8 heteroatoms. The SMILES string of the molecule is CN(C)Cc1cc(COC(=O)[C@H](Cc2ccccc2)NC(=O)OC(C)(C)C)cc(CN(C)C)c1Br. The summed E-state index contributed by atoms with van der Waals surface area (Å²) in [5.74, 6) is -0.508. The van der Waals surface area contributed by atoms with E-state index in [1.54, 1.807) is 20.8 Å². The first-order valence-corrected chi connectivity index (χ1v) is 12.4. The standard InChI is InChI=1S/C27H38BrN3O4/c1-27(2,3)35-26(33)29-23(15-19-11-9-8-10-12-19)25(32)34-18-20-13-21(16-30(4)5)24(28)22(14-20)17-31(6)7/h8-14,23H,15-18H2,1-7H3,(H,29,33)/t23-/m0/s1. The van der Waals surface area contributed by atoms with E-state index in [1.165, 1.54) is 0 Å². The highest BCUT2D eigenvalue weighted by Gasteiger charge is 2.26. The molecule has 7 nitrogen and oxygen atoms in total. The smallest absolute Gasteiger partial charge is 0.408 e. The van der Waals surface area contributed by atoms with Crippen LogP contribution < -0.4 is 5.32 Å². The van der Waals surface area contributed by atoms with E-state index in [9.17, 15) is 9.59 Å². The van der Waals surface area contributed by atoms with Crippen LogP contribution in [-0.4, -0.2) is 61.7 Å². The van der Waals surface area contributed by atoms with Crippen LogP contribution >= 0.6 is 15.9 Å². The van der Waals surface area contributed by atoms with Crippen LogP contribution in [0.2, 0.25) is 0 Å². The van der Waals surface area contributed by atoms with E-state index in [2.05, 4.69) is 31.0 Å². The molecule has 1 atom stereocenters. The van der Waals surface area contributed by atoms with Crippen molar-refractivity contribution < 1.29 is 19.1 Å². The Kier molecular flexibility index (Phi) is 10.7. The number of esters is 1. The molecule has 2 aromatic rings. The Labute approximate surface area is 217 Å². The van der Waals surface area contributed by atoms with Gasteiger partial charge in [-0.1, -0.05) is 46.3 Å². The van der Waals surface area contributed by atoms with Gasteiger partial charge < -0.3 is 24.6 Å². The van der Waals surface area contributed by atoms with Gasteiger partial charge in [0, 0.05) is 24.0 Å². The Morgan fingerprint density at radius 3 is 1.97 bits per heavy atom. The summed E-state index contributed by atoms with van der Waals surface area (Å²) in [6.45, 7) is 6.94.